The maximum absolute atomic E-state index is 12.1. The van der Waals surface area contributed by atoms with Gasteiger partial charge in [-0.15, -0.1) is 0 Å². The van der Waals surface area contributed by atoms with E-state index in [1.165, 1.54) is 12.1 Å². The van der Waals surface area contributed by atoms with Crippen LogP contribution in [0.25, 0.3) is 0 Å². The molecule has 0 saturated heterocycles. The second-order valence-corrected chi connectivity index (χ2v) is 7.03. The highest BCUT2D eigenvalue weighted by Gasteiger charge is 2.24. The van der Waals surface area contributed by atoms with Gasteiger partial charge in [0.1, 0.15) is 12.6 Å². The van der Waals surface area contributed by atoms with E-state index in [9.17, 15) is 18.0 Å². The van der Waals surface area contributed by atoms with Gasteiger partial charge >= 0.3 is 12.1 Å². The number of benzene rings is 2. The van der Waals surface area contributed by atoms with Gasteiger partial charge in [0.25, 0.3) is 0 Å². The van der Waals surface area contributed by atoms with E-state index in [-0.39, 0.29) is 11.5 Å². The molecule has 1 unspecified atom stereocenters. The summed E-state index contributed by atoms with van der Waals surface area (Å²) < 4.78 is 31.3. The molecule has 1 atom stereocenters. The van der Waals surface area contributed by atoms with E-state index in [1.54, 1.807) is 42.5 Å². The van der Waals surface area contributed by atoms with E-state index in [0.29, 0.717) is 0 Å². The van der Waals surface area contributed by atoms with Crippen molar-refractivity contribution >= 4 is 22.1 Å². The topological polar surface area (TPSA) is 122 Å². The van der Waals surface area contributed by atoms with E-state index in [0.717, 1.165) is 5.56 Å². The summed E-state index contributed by atoms with van der Waals surface area (Å²) in [4.78, 5) is 23.0. The van der Waals surface area contributed by atoms with Crippen LogP contribution < -0.4 is 10.0 Å². The Morgan fingerprint density at radius 2 is 1.58 bits per heavy atom. The lowest BCUT2D eigenvalue weighted by atomic mass is 10.2. The van der Waals surface area contributed by atoms with Gasteiger partial charge in [0, 0.05) is 6.54 Å². The van der Waals surface area contributed by atoms with Gasteiger partial charge in [0.05, 0.1) is 4.90 Å². The van der Waals surface area contributed by atoms with Gasteiger partial charge in [-0.1, -0.05) is 48.5 Å². The lowest BCUT2D eigenvalue weighted by molar-refractivity contribution is -0.139. The molecule has 0 heterocycles. The molecule has 2 rings (SSSR count). The van der Waals surface area contributed by atoms with Crippen LogP contribution in [0.1, 0.15) is 5.56 Å². The number of amides is 1. The molecule has 2 aromatic rings. The number of carbonyl (C=O) groups is 2. The highest BCUT2D eigenvalue weighted by atomic mass is 32.2. The summed E-state index contributed by atoms with van der Waals surface area (Å²) in [6, 6.07) is 14.9. The predicted molar refractivity (Wildman–Crippen MR) is 92.8 cm³/mol. The summed E-state index contributed by atoms with van der Waals surface area (Å²) in [5.41, 5.74) is 0.735. The molecule has 0 fully saturated rings. The van der Waals surface area contributed by atoms with Gasteiger partial charge in [0.2, 0.25) is 10.0 Å². The number of carboxylic acids is 1. The Morgan fingerprint density at radius 3 is 2.15 bits per heavy atom. The standard InChI is InChI=1S/C17H18N2O6S/c20-16(21)15(11-18-26(23,24)14-9-5-2-6-10-14)19-17(22)25-12-13-7-3-1-4-8-13/h1-10,15,18H,11-12H2,(H,19,22)(H,20,21). The van der Waals surface area contributed by atoms with Crippen LogP contribution in [0.3, 0.4) is 0 Å². The largest absolute Gasteiger partial charge is 0.480 e. The fraction of sp³-hybridized carbons (Fsp3) is 0.176. The molecule has 0 aliphatic rings. The molecule has 0 aliphatic carbocycles. The summed E-state index contributed by atoms with van der Waals surface area (Å²) in [6.07, 6.45) is -0.958. The van der Waals surface area contributed by atoms with Crippen LogP contribution >= 0.6 is 0 Å². The molecule has 26 heavy (non-hydrogen) atoms. The molecule has 8 nitrogen and oxygen atoms in total. The van der Waals surface area contributed by atoms with Crippen LogP contribution in [0.2, 0.25) is 0 Å². The molecule has 0 saturated carbocycles. The fourth-order valence-electron chi connectivity index (χ4n) is 1.98. The number of carboxylic acid groups (broad SMARTS) is 1. The second-order valence-electron chi connectivity index (χ2n) is 5.26. The van der Waals surface area contributed by atoms with Gasteiger partial charge in [-0.2, -0.15) is 0 Å². The van der Waals surface area contributed by atoms with Crippen LogP contribution in [0.15, 0.2) is 65.6 Å². The average Bonchev–Trinajstić information content (AvgIpc) is 2.65. The fourth-order valence-corrected chi connectivity index (χ4v) is 3.05. The van der Waals surface area contributed by atoms with Crippen molar-refractivity contribution in [1.29, 1.82) is 0 Å². The minimum absolute atomic E-state index is 0.00390. The molecule has 3 N–H and O–H groups in total. The zero-order valence-electron chi connectivity index (χ0n) is 13.7. The van der Waals surface area contributed by atoms with Gasteiger partial charge in [-0.05, 0) is 17.7 Å². The molecule has 0 radical (unpaired) electrons. The molecular formula is C17H18N2O6S. The minimum Gasteiger partial charge on any atom is -0.480 e. The molecule has 0 aliphatic heterocycles. The van der Waals surface area contributed by atoms with Gasteiger partial charge in [-0.3, -0.25) is 0 Å². The van der Waals surface area contributed by atoms with E-state index in [2.05, 4.69) is 10.0 Å². The summed E-state index contributed by atoms with van der Waals surface area (Å²) >= 11 is 0. The van der Waals surface area contributed by atoms with Crippen molar-refractivity contribution in [2.45, 2.75) is 17.5 Å². The first-order chi connectivity index (χ1) is 12.4. The predicted octanol–water partition coefficient (Wildman–Crippen LogP) is 1.34. The van der Waals surface area contributed by atoms with Gasteiger partial charge < -0.3 is 15.2 Å². The van der Waals surface area contributed by atoms with Crippen molar-refractivity contribution in [2.24, 2.45) is 0 Å². The zero-order valence-corrected chi connectivity index (χ0v) is 14.5. The Kier molecular flexibility index (Phi) is 6.70. The molecular weight excluding hydrogens is 360 g/mol. The van der Waals surface area contributed by atoms with Crippen molar-refractivity contribution in [3.05, 3.63) is 66.2 Å². The lowest BCUT2D eigenvalue weighted by Crippen LogP contribution is -2.48. The molecule has 9 heteroatoms. The van der Waals surface area contributed by atoms with Crippen molar-refractivity contribution in [1.82, 2.24) is 10.0 Å². The van der Waals surface area contributed by atoms with Crippen LogP contribution in [0.4, 0.5) is 4.79 Å². The molecule has 138 valence electrons. The third kappa shape index (κ3) is 5.87. The quantitative estimate of drug-likeness (QED) is 0.637. The van der Waals surface area contributed by atoms with Crippen LogP contribution in [0.5, 0.6) is 0 Å². The third-order valence-electron chi connectivity index (χ3n) is 3.33. The Balaban J connectivity index is 1.90. The number of ether oxygens (including phenoxy) is 1. The average molecular weight is 378 g/mol. The van der Waals surface area contributed by atoms with E-state index < -0.39 is 34.7 Å². The Hall–Kier alpha value is -2.91. The molecule has 0 aromatic heterocycles. The van der Waals surface area contributed by atoms with E-state index in [4.69, 9.17) is 9.84 Å². The second kappa shape index (κ2) is 8.97. The maximum Gasteiger partial charge on any atom is 0.408 e. The van der Waals surface area contributed by atoms with Gasteiger partial charge in [-0.25, -0.2) is 22.7 Å². The number of hydrogen-bond acceptors (Lipinski definition) is 5. The zero-order chi connectivity index (χ0) is 19.0. The Labute approximate surface area is 150 Å². The van der Waals surface area contributed by atoms with Crippen LogP contribution in [-0.2, 0) is 26.2 Å². The Bertz CT molecular complexity index is 840. The number of rotatable bonds is 8. The van der Waals surface area contributed by atoms with Crippen LogP contribution in [-0.4, -0.2) is 38.2 Å². The summed E-state index contributed by atoms with van der Waals surface area (Å²) in [5.74, 6) is -1.39. The van der Waals surface area contributed by atoms with Crippen molar-refractivity contribution in [3.63, 3.8) is 0 Å². The highest BCUT2D eigenvalue weighted by Crippen LogP contribution is 2.07. The summed E-state index contributed by atoms with van der Waals surface area (Å²) in [6.45, 7) is -0.554. The maximum atomic E-state index is 12.1. The third-order valence-corrected chi connectivity index (χ3v) is 4.77. The normalized spacial score (nSPS) is 12.2. The smallest absolute Gasteiger partial charge is 0.408 e. The highest BCUT2D eigenvalue weighted by molar-refractivity contribution is 7.89. The molecule has 2 aromatic carbocycles. The van der Waals surface area contributed by atoms with Crippen molar-refractivity contribution in [2.75, 3.05) is 6.54 Å². The molecule has 0 spiro atoms. The molecule has 1 amide bonds. The number of aliphatic carboxylic acids is 1. The van der Waals surface area contributed by atoms with Crippen LogP contribution in [0, 0.1) is 0 Å². The van der Waals surface area contributed by atoms with E-state index >= 15 is 0 Å². The SMILES string of the molecule is O=C(NC(CNS(=O)(=O)c1ccccc1)C(=O)O)OCc1ccccc1. The van der Waals surface area contributed by atoms with E-state index in [1.807, 2.05) is 6.07 Å². The first-order valence-corrected chi connectivity index (χ1v) is 9.11. The number of sulfonamides is 1. The van der Waals surface area contributed by atoms with Gasteiger partial charge in [0.15, 0.2) is 0 Å². The monoisotopic (exact) mass is 378 g/mol. The first kappa shape index (κ1) is 19.4. The molecule has 0 bridgehead atoms. The lowest BCUT2D eigenvalue weighted by Gasteiger charge is -2.15. The Morgan fingerprint density at radius 1 is 1.00 bits per heavy atom. The number of hydrogen-bond donors (Lipinski definition) is 3. The summed E-state index contributed by atoms with van der Waals surface area (Å²) in [7, 11) is -3.89. The minimum atomic E-state index is -3.89. The first-order valence-electron chi connectivity index (χ1n) is 7.63. The number of carbonyl (C=O) groups excluding carboxylic acids is 1. The number of nitrogens with one attached hydrogen (secondary N) is 2. The van der Waals surface area contributed by atoms with Crippen molar-refractivity contribution in [3.8, 4) is 0 Å². The summed E-state index contributed by atoms with van der Waals surface area (Å²) in [5, 5.41) is 11.3. The van der Waals surface area contributed by atoms with Crippen molar-refractivity contribution < 1.29 is 27.9 Å². The number of alkyl carbamates (subject to hydrolysis) is 1.